The SMILES string of the molecule is CC(C)(C)OC(=O)N[C@@H](CSc1cc(F)c(Br)cc1[N+](=O)[O-])C(=O)O. The summed E-state index contributed by atoms with van der Waals surface area (Å²) in [5.74, 6) is -2.32. The number of carboxylic acid groups (broad SMARTS) is 1. The monoisotopic (exact) mass is 438 g/mol. The van der Waals surface area contributed by atoms with Crippen LogP contribution >= 0.6 is 27.7 Å². The number of hydrogen-bond acceptors (Lipinski definition) is 6. The Labute approximate surface area is 155 Å². The third kappa shape index (κ3) is 6.86. The highest BCUT2D eigenvalue weighted by Gasteiger charge is 2.26. The minimum absolute atomic E-state index is 0.0528. The molecule has 138 valence electrons. The molecule has 0 aliphatic carbocycles. The highest BCUT2D eigenvalue weighted by Crippen LogP contribution is 2.34. The molecule has 1 rings (SSSR count). The second kappa shape index (κ2) is 8.48. The van der Waals surface area contributed by atoms with Crippen molar-refractivity contribution in [3.63, 3.8) is 0 Å². The molecule has 0 aliphatic rings. The van der Waals surface area contributed by atoms with Crippen LogP contribution in [0, 0.1) is 15.9 Å². The van der Waals surface area contributed by atoms with Crippen molar-refractivity contribution in [3.8, 4) is 0 Å². The standard InChI is InChI=1S/C14H16BrFN2O6S/c1-14(2,3)24-13(21)17-9(12(19)20)6-25-11-5-8(16)7(15)4-10(11)18(22)23/h4-5,9H,6H2,1-3H3,(H,17,21)(H,19,20)/t9-/m0/s1. The summed E-state index contributed by atoms with van der Waals surface area (Å²) in [5, 5.41) is 22.4. The van der Waals surface area contributed by atoms with Gasteiger partial charge in [0.25, 0.3) is 5.69 Å². The predicted octanol–water partition coefficient (Wildman–Crippen LogP) is 3.57. The van der Waals surface area contributed by atoms with Gasteiger partial charge in [-0.05, 0) is 42.8 Å². The number of nitrogens with one attached hydrogen (secondary N) is 1. The average Bonchev–Trinajstić information content (AvgIpc) is 2.43. The molecule has 1 atom stereocenters. The molecule has 0 bridgehead atoms. The van der Waals surface area contributed by atoms with Crippen LogP contribution in [-0.4, -0.2) is 39.5 Å². The van der Waals surface area contributed by atoms with Crippen molar-refractivity contribution in [1.29, 1.82) is 0 Å². The molecular formula is C14H16BrFN2O6S. The van der Waals surface area contributed by atoms with E-state index < -0.39 is 34.4 Å². The Morgan fingerprint density at radius 3 is 2.56 bits per heavy atom. The van der Waals surface area contributed by atoms with Gasteiger partial charge in [-0.25, -0.2) is 14.0 Å². The van der Waals surface area contributed by atoms with Gasteiger partial charge < -0.3 is 15.2 Å². The van der Waals surface area contributed by atoms with Crippen LogP contribution in [0.4, 0.5) is 14.9 Å². The Balaban J connectivity index is 2.88. The molecule has 0 aromatic heterocycles. The number of ether oxygens (including phenoxy) is 1. The van der Waals surface area contributed by atoms with Gasteiger partial charge in [0, 0.05) is 11.8 Å². The van der Waals surface area contributed by atoms with Crippen molar-refractivity contribution >= 4 is 45.4 Å². The van der Waals surface area contributed by atoms with E-state index in [1.54, 1.807) is 20.8 Å². The third-order valence-electron chi connectivity index (χ3n) is 2.59. The molecule has 25 heavy (non-hydrogen) atoms. The fraction of sp³-hybridized carbons (Fsp3) is 0.429. The molecule has 0 fully saturated rings. The number of aliphatic carboxylic acids is 1. The van der Waals surface area contributed by atoms with Crippen molar-refractivity contribution < 1.29 is 28.7 Å². The van der Waals surface area contributed by atoms with Crippen molar-refractivity contribution in [1.82, 2.24) is 5.32 Å². The van der Waals surface area contributed by atoms with Crippen molar-refractivity contribution in [3.05, 3.63) is 32.5 Å². The number of halogens is 2. The minimum atomic E-state index is -1.37. The van der Waals surface area contributed by atoms with Crippen molar-refractivity contribution in [2.45, 2.75) is 37.3 Å². The van der Waals surface area contributed by atoms with Gasteiger partial charge in [-0.15, -0.1) is 11.8 Å². The maximum absolute atomic E-state index is 13.6. The number of carboxylic acids is 1. The molecule has 1 aromatic carbocycles. The summed E-state index contributed by atoms with van der Waals surface area (Å²) in [5.41, 5.74) is -1.19. The zero-order valence-electron chi connectivity index (χ0n) is 13.5. The first kappa shape index (κ1) is 21.2. The number of alkyl carbamates (subject to hydrolysis) is 1. The average molecular weight is 439 g/mol. The zero-order chi connectivity index (χ0) is 19.4. The maximum atomic E-state index is 13.6. The lowest BCUT2D eigenvalue weighted by molar-refractivity contribution is -0.387. The summed E-state index contributed by atoms with van der Waals surface area (Å²) in [4.78, 5) is 33.2. The van der Waals surface area contributed by atoms with Gasteiger partial charge >= 0.3 is 12.1 Å². The van der Waals surface area contributed by atoms with Crippen LogP contribution in [0.1, 0.15) is 20.8 Å². The van der Waals surface area contributed by atoms with E-state index >= 15 is 0 Å². The number of amides is 1. The number of rotatable bonds is 6. The summed E-state index contributed by atoms with van der Waals surface area (Å²) >= 11 is 3.60. The molecule has 1 aromatic rings. The van der Waals surface area contributed by atoms with Gasteiger partial charge in [-0.2, -0.15) is 0 Å². The van der Waals surface area contributed by atoms with E-state index in [9.17, 15) is 29.2 Å². The van der Waals surface area contributed by atoms with Crippen LogP contribution < -0.4 is 5.32 Å². The smallest absolute Gasteiger partial charge is 0.408 e. The first-order valence-electron chi connectivity index (χ1n) is 6.89. The normalized spacial score (nSPS) is 12.4. The Morgan fingerprint density at radius 1 is 1.48 bits per heavy atom. The number of nitrogens with zero attached hydrogens (tertiary/aromatic N) is 1. The van der Waals surface area contributed by atoms with Crippen LogP contribution in [0.25, 0.3) is 0 Å². The number of nitro benzene ring substituents is 1. The zero-order valence-corrected chi connectivity index (χ0v) is 15.9. The summed E-state index contributed by atoms with van der Waals surface area (Å²) < 4.78 is 18.5. The van der Waals surface area contributed by atoms with E-state index in [-0.39, 0.29) is 20.8 Å². The third-order valence-corrected chi connectivity index (χ3v) is 4.34. The molecule has 0 heterocycles. The van der Waals surface area contributed by atoms with Gasteiger partial charge in [0.1, 0.15) is 17.5 Å². The van der Waals surface area contributed by atoms with Crippen LogP contribution in [0.5, 0.6) is 0 Å². The number of carbonyl (C=O) groups is 2. The fourth-order valence-corrected chi connectivity index (χ4v) is 2.95. The summed E-state index contributed by atoms with van der Waals surface area (Å²) in [6.45, 7) is 4.85. The predicted molar refractivity (Wildman–Crippen MR) is 92.3 cm³/mol. The van der Waals surface area contributed by atoms with Crippen LogP contribution in [0.3, 0.4) is 0 Å². The lowest BCUT2D eigenvalue weighted by Gasteiger charge is -2.21. The van der Waals surface area contributed by atoms with E-state index in [2.05, 4.69) is 21.2 Å². The highest BCUT2D eigenvalue weighted by atomic mass is 79.9. The Bertz CT molecular complexity index is 695. The fourth-order valence-electron chi connectivity index (χ4n) is 1.57. The van der Waals surface area contributed by atoms with Gasteiger partial charge in [-0.3, -0.25) is 10.1 Å². The summed E-state index contributed by atoms with van der Waals surface area (Å²) in [7, 11) is 0. The molecule has 0 radical (unpaired) electrons. The summed E-state index contributed by atoms with van der Waals surface area (Å²) in [6.07, 6.45) is -0.933. The topological polar surface area (TPSA) is 119 Å². The number of carbonyl (C=O) groups excluding carboxylic acids is 1. The van der Waals surface area contributed by atoms with Crippen molar-refractivity contribution in [2.24, 2.45) is 0 Å². The van der Waals surface area contributed by atoms with Crippen molar-refractivity contribution in [2.75, 3.05) is 5.75 Å². The number of benzene rings is 1. The molecular weight excluding hydrogens is 423 g/mol. The Hall–Kier alpha value is -1.88. The number of hydrogen-bond donors (Lipinski definition) is 2. The largest absolute Gasteiger partial charge is 0.480 e. The van der Waals surface area contributed by atoms with E-state index in [0.29, 0.717) is 0 Å². The van der Waals surface area contributed by atoms with E-state index in [1.807, 2.05) is 0 Å². The molecule has 1 amide bonds. The summed E-state index contributed by atoms with van der Waals surface area (Å²) in [6, 6.07) is 0.555. The molecule has 0 unspecified atom stereocenters. The first-order valence-corrected chi connectivity index (χ1v) is 8.67. The molecule has 0 saturated carbocycles. The van der Waals surface area contributed by atoms with E-state index in [1.165, 1.54) is 0 Å². The molecule has 0 aliphatic heterocycles. The van der Waals surface area contributed by atoms with Gasteiger partial charge in [-0.1, -0.05) is 0 Å². The second-order valence-corrected chi connectivity index (χ2v) is 7.76. The molecule has 2 N–H and O–H groups in total. The highest BCUT2D eigenvalue weighted by molar-refractivity contribution is 9.10. The lowest BCUT2D eigenvalue weighted by Crippen LogP contribution is -2.44. The quantitative estimate of drug-likeness (QED) is 0.395. The molecule has 0 spiro atoms. The Morgan fingerprint density at radius 2 is 2.08 bits per heavy atom. The lowest BCUT2D eigenvalue weighted by atomic mass is 10.2. The maximum Gasteiger partial charge on any atom is 0.408 e. The first-order chi connectivity index (χ1) is 11.4. The van der Waals surface area contributed by atoms with Gasteiger partial charge in [0.15, 0.2) is 0 Å². The number of nitro groups is 1. The molecule has 11 heteroatoms. The van der Waals surface area contributed by atoms with Crippen LogP contribution in [-0.2, 0) is 9.53 Å². The van der Waals surface area contributed by atoms with Gasteiger partial charge in [0.2, 0.25) is 0 Å². The number of thioether (sulfide) groups is 1. The molecule has 8 nitrogen and oxygen atoms in total. The van der Waals surface area contributed by atoms with Crippen LogP contribution in [0.2, 0.25) is 0 Å². The van der Waals surface area contributed by atoms with E-state index in [0.717, 1.165) is 23.9 Å². The molecule has 0 saturated heterocycles. The minimum Gasteiger partial charge on any atom is -0.480 e. The van der Waals surface area contributed by atoms with E-state index in [4.69, 9.17) is 4.74 Å². The van der Waals surface area contributed by atoms with Crippen LogP contribution in [0.15, 0.2) is 21.5 Å². The van der Waals surface area contributed by atoms with Gasteiger partial charge in [0.05, 0.1) is 14.3 Å². The second-order valence-electron chi connectivity index (χ2n) is 5.84. The Kier molecular flexibility index (Phi) is 7.17.